The third kappa shape index (κ3) is 5.00. The molecule has 5 rings (SSSR count). The van der Waals surface area contributed by atoms with E-state index in [1.54, 1.807) is 14.2 Å². The molecule has 0 saturated heterocycles. The number of nitrogens with one attached hydrogen (secondary N) is 1. The standard InChI is InChI=1S/C28H31N7O2/c1-5-6-11-24-30-25-18(2)16-23(28(36-3)37-4)29-27(25)35(24)17-19-12-14-20(15-13-19)21-9-7-8-10-22(21)26-31-33-34-32-26/h7-10,12-16,28H,5-6,11,17H2,1-4H3,(H,31,32,33,34). The van der Waals surface area contributed by atoms with E-state index in [1.807, 2.05) is 24.3 Å². The van der Waals surface area contributed by atoms with Crippen molar-refractivity contribution in [1.29, 1.82) is 0 Å². The Labute approximate surface area is 215 Å². The van der Waals surface area contributed by atoms with Crippen LogP contribution in [0.1, 0.15) is 48.7 Å². The lowest BCUT2D eigenvalue weighted by Gasteiger charge is -2.15. The molecule has 0 aliphatic rings. The van der Waals surface area contributed by atoms with Crippen molar-refractivity contribution < 1.29 is 9.47 Å². The first kappa shape index (κ1) is 24.7. The Morgan fingerprint density at radius 2 is 1.73 bits per heavy atom. The minimum absolute atomic E-state index is 0.524. The van der Waals surface area contributed by atoms with Crippen LogP contribution in [0.15, 0.2) is 54.6 Å². The van der Waals surface area contributed by atoms with Crippen LogP contribution in [-0.4, -0.2) is 49.4 Å². The smallest absolute Gasteiger partial charge is 0.200 e. The lowest BCUT2D eigenvalue weighted by atomic mass is 9.98. The average Bonchev–Trinajstić information content (AvgIpc) is 3.58. The summed E-state index contributed by atoms with van der Waals surface area (Å²) in [6.07, 6.45) is 2.55. The molecule has 0 spiro atoms. The van der Waals surface area contributed by atoms with Crippen molar-refractivity contribution in [3.8, 4) is 22.5 Å². The lowest BCUT2D eigenvalue weighted by molar-refractivity contribution is -0.108. The molecule has 0 saturated carbocycles. The van der Waals surface area contributed by atoms with E-state index in [0.717, 1.165) is 64.2 Å². The van der Waals surface area contributed by atoms with Gasteiger partial charge in [-0.3, -0.25) is 0 Å². The molecule has 0 radical (unpaired) electrons. The normalized spacial score (nSPS) is 11.6. The third-order valence-corrected chi connectivity index (χ3v) is 6.55. The van der Waals surface area contributed by atoms with Crippen LogP contribution in [0.5, 0.6) is 0 Å². The zero-order valence-corrected chi connectivity index (χ0v) is 21.6. The first-order chi connectivity index (χ1) is 18.1. The van der Waals surface area contributed by atoms with Gasteiger partial charge in [0.25, 0.3) is 0 Å². The summed E-state index contributed by atoms with van der Waals surface area (Å²) < 4.78 is 13.2. The van der Waals surface area contributed by atoms with Crippen LogP contribution in [0.2, 0.25) is 0 Å². The van der Waals surface area contributed by atoms with Gasteiger partial charge in [0.05, 0.1) is 12.2 Å². The topological polar surface area (TPSA) is 104 Å². The van der Waals surface area contributed by atoms with E-state index in [4.69, 9.17) is 19.4 Å². The van der Waals surface area contributed by atoms with Gasteiger partial charge in [0.2, 0.25) is 6.29 Å². The van der Waals surface area contributed by atoms with Crippen molar-refractivity contribution in [2.75, 3.05) is 14.2 Å². The second-order valence-electron chi connectivity index (χ2n) is 9.05. The first-order valence-corrected chi connectivity index (χ1v) is 12.5. The highest BCUT2D eigenvalue weighted by Crippen LogP contribution is 2.30. The minimum Gasteiger partial charge on any atom is -0.350 e. The summed E-state index contributed by atoms with van der Waals surface area (Å²) in [5.74, 6) is 1.69. The molecule has 3 aromatic heterocycles. The van der Waals surface area contributed by atoms with Gasteiger partial charge in [0, 0.05) is 26.2 Å². The molecule has 5 aromatic rings. The van der Waals surface area contributed by atoms with E-state index in [2.05, 4.69) is 69.4 Å². The van der Waals surface area contributed by atoms with Crippen LogP contribution in [0.25, 0.3) is 33.7 Å². The van der Waals surface area contributed by atoms with Gasteiger partial charge in [0.1, 0.15) is 11.3 Å². The highest BCUT2D eigenvalue weighted by molar-refractivity contribution is 5.80. The van der Waals surface area contributed by atoms with Gasteiger partial charge < -0.3 is 14.0 Å². The summed E-state index contributed by atoms with van der Waals surface area (Å²) >= 11 is 0. The zero-order valence-electron chi connectivity index (χ0n) is 21.6. The maximum absolute atomic E-state index is 5.48. The molecular weight excluding hydrogens is 466 g/mol. The summed E-state index contributed by atoms with van der Waals surface area (Å²) in [6, 6.07) is 18.7. The van der Waals surface area contributed by atoms with Gasteiger partial charge in [-0.15, -0.1) is 5.10 Å². The largest absolute Gasteiger partial charge is 0.350 e. The average molecular weight is 498 g/mol. The molecule has 0 atom stereocenters. The SMILES string of the molecule is CCCCc1nc2c(C)cc(C(OC)OC)nc2n1Cc1ccc(-c2ccccc2-c2nnn[nH]2)cc1. The molecule has 0 fully saturated rings. The van der Waals surface area contributed by atoms with Crippen molar-refractivity contribution >= 4 is 11.2 Å². The zero-order chi connectivity index (χ0) is 25.8. The monoisotopic (exact) mass is 497 g/mol. The number of rotatable bonds is 10. The molecule has 2 aromatic carbocycles. The highest BCUT2D eigenvalue weighted by atomic mass is 16.7. The van der Waals surface area contributed by atoms with Gasteiger partial charge in [-0.2, -0.15) is 0 Å². The number of H-pyrrole nitrogens is 1. The number of unbranched alkanes of at least 4 members (excludes halogenated alkanes) is 1. The lowest BCUT2D eigenvalue weighted by Crippen LogP contribution is -2.10. The number of methoxy groups -OCH3 is 2. The van der Waals surface area contributed by atoms with Crippen molar-refractivity contribution in [2.24, 2.45) is 0 Å². The number of tetrazole rings is 1. The van der Waals surface area contributed by atoms with Gasteiger partial charge in [-0.25, -0.2) is 15.1 Å². The predicted octanol–water partition coefficient (Wildman–Crippen LogP) is 5.27. The number of imidazole rings is 1. The molecule has 37 heavy (non-hydrogen) atoms. The highest BCUT2D eigenvalue weighted by Gasteiger charge is 2.19. The van der Waals surface area contributed by atoms with Gasteiger partial charge >= 0.3 is 0 Å². The molecule has 9 heteroatoms. The molecule has 0 unspecified atom stereocenters. The van der Waals surface area contributed by atoms with Crippen molar-refractivity contribution in [2.45, 2.75) is 45.9 Å². The fourth-order valence-electron chi connectivity index (χ4n) is 4.65. The fourth-order valence-corrected chi connectivity index (χ4v) is 4.65. The Balaban J connectivity index is 1.52. The minimum atomic E-state index is -0.524. The number of fused-ring (bicyclic) bond motifs is 1. The van der Waals surface area contributed by atoms with E-state index in [0.29, 0.717) is 12.4 Å². The summed E-state index contributed by atoms with van der Waals surface area (Å²) in [5.41, 5.74) is 7.87. The summed E-state index contributed by atoms with van der Waals surface area (Å²) in [5, 5.41) is 14.4. The van der Waals surface area contributed by atoms with Crippen molar-refractivity contribution in [3.63, 3.8) is 0 Å². The molecule has 0 amide bonds. The van der Waals surface area contributed by atoms with Crippen LogP contribution < -0.4 is 0 Å². The molecule has 1 N–H and O–H groups in total. The number of aromatic nitrogens is 7. The quantitative estimate of drug-likeness (QED) is 0.262. The van der Waals surface area contributed by atoms with Crippen LogP contribution in [0, 0.1) is 6.92 Å². The number of aromatic amines is 1. The Kier molecular flexibility index (Phi) is 7.34. The maximum Gasteiger partial charge on any atom is 0.200 e. The Hall–Kier alpha value is -3.95. The number of hydrogen-bond donors (Lipinski definition) is 1. The molecule has 0 bridgehead atoms. The second-order valence-corrected chi connectivity index (χ2v) is 9.05. The van der Waals surface area contributed by atoms with Crippen LogP contribution in [0.3, 0.4) is 0 Å². The number of benzene rings is 2. The van der Waals surface area contributed by atoms with E-state index in [9.17, 15) is 0 Å². The Bertz CT molecular complexity index is 1470. The molecule has 3 heterocycles. The van der Waals surface area contributed by atoms with E-state index in [1.165, 1.54) is 5.56 Å². The molecule has 0 aliphatic carbocycles. The van der Waals surface area contributed by atoms with Crippen LogP contribution in [-0.2, 0) is 22.4 Å². The predicted molar refractivity (Wildman–Crippen MR) is 142 cm³/mol. The van der Waals surface area contributed by atoms with Gasteiger partial charge in [0.15, 0.2) is 11.5 Å². The molecular formula is C28H31N7O2. The van der Waals surface area contributed by atoms with E-state index >= 15 is 0 Å². The Morgan fingerprint density at radius 3 is 2.41 bits per heavy atom. The van der Waals surface area contributed by atoms with E-state index in [-0.39, 0.29) is 0 Å². The number of ether oxygens (including phenoxy) is 2. The van der Waals surface area contributed by atoms with E-state index < -0.39 is 6.29 Å². The number of aryl methyl sites for hydroxylation is 2. The first-order valence-electron chi connectivity index (χ1n) is 12.5. The second kappa shape index (κ2) is 11.0. The maximum atomic E-state index is 5.48. The number of pyridine rings is 1. The summed E-state index contributed by atoms with van der Waals surface area (Å²) in [7, 11) is 3.25. The Morgan fingerprint density at radius 1 is 0.973 bits per heavy atom. The molecule has 190 valence electrons. The van der Waals surface area contributed by atoms with Gasteiger partial charge in [-0.05, 0) is 52.1 Å². The molecule has 0 aliphatic heterocycles. The van der Waals surface area contributed by atoms with Crippen molar-refractivity contribution in [1.82, 2.24) is 35.2 Å². The number of nitrogens with zero attached hydrogens (tertiary/aromatic N) is 6. The molecule has 9 nitrogen and oxygen atoms in total. The van der Waals surface area contributed by atoms with Crippen LogP contribution >= 0.6 is 0 Å². The summed E-state index contributed by atoms with van der Waals surface area (Å²) in [6.45, 7) is 4.93. The van der Waals surface area contributed by atoms with Crippen LogP contribution in [0.4, 0.5) is 0 Å². The number of hydrogen-bond acceptors (Lipinski definition) is 7. The summed E-state index contributed by atoms with van der Waals surface area (Å²) in [4.78, 5) is 9.94. The van der Waals surface area contributed by atoms with Crippen molar-refractivity contribution in [3.05, 3.63) is 77.2 Å². The third-order valence-electron chi connectivity index (χ3n) is 6.55. The fraction of sp³-hybridized carbons (Fsp3) is 0.321. The van der Waals surface area contributed by atoms with Gasteiger partial charge in [-0.1, -0.05) is 61.9 Å².